The van der Waals surface area contributed by atoms with Crippen LogP contribution in [0.25, 0.3) is 0 Å². The van der Waals surface area contributed by atoms with E-state index in [1.807, 2.05) is 0 Å². The van der Waals surface area contributed by atoms with Gasteiger partial charge in [0.05, 0.1) is 12.1 Å². The SMILES string of the molecule is O=C(NCC1CC1)C1(NCCn2cncn2)CCCC1. The third-order valence-corrected chi connectivity index (χ3v) is 4.41. The summed E-state index contributed by atoms with van der Waals surface area (Å²) in [5.41, 5.74) is -0.352. The molecule has 2 aliphatic rings. The largest absolute Gasteiger partial charge is 0.354 e. The highest BCUT2D eigenvalue weighted by molar-refractivity contribution is 5.86. The Balaban J connectivity index is 1.51. The number of amides is 1. The van der Waals surface area contributed by atoms with Crippen LogP contribution in [0.5, 0.6) is 0 Å². The molecule has 0 unspecified atom stereocenters. The Morgan fingerprint density at radius 3 is 2.80 bits per heavy atom. The van der Waals surface area contributed by atoms with Crippen molar-refractivity contribution < 1.29 is 4.79 Å². The molecule has 0 aliphatic heterocycles. The minimum absolute atomic E-state index is 0.195. The maximum Gasteiger partial charge on any atom is 0.240 e. The molecule has 2 fully saturated rings. The van der Waals surface area contributed by atoms with E-state index in [-0.39, 0.29) is 11.4 Å². The lowest BCUT2D eigenvalue weighted by Crippen LogP contribution is -2.56. The molecule has 3 rings (SSSR count). The fraction of sp³-hybridized carbons (Fsp3) is 0.786. The summed E-state index contributed by atoms with van der Waals surface area (Å²) in [6.07, 6.45) is 9.94. The summed E-state index contributed by atoms with van der Waals surface area (Å²) in [7, 11) is 0. The average Bonchev–Trinajstić information content (AvgIpc) is 2.92. The molecule has 0 atom stereocenters. The molecule has 0 radical (unpaired) electrons. The zero-order chi connectivity index (χ0) is 13.8. The van der Waals surface area contributed by atoms with Crippen LogP contribution in [0.3, 0.4) is 0 Å². The predicted octanol–water partition coefficient (Wildman–Crippen LogP) is 0.707. The van der Waals surface area contributed by atoms with Crippen molar-refractivity contribution in [3.05, 3.63) is 12.7 Å². The number of nitrogens with zero attached hydrogens (tertiary/aromatic N) is 3. The van der Waals surface area contributed by atoms with Gasteiger partial charge in [-0.2, -0.15) is 5.10 Å². The fourth-order valence-electron chi connectivity index (χ4n) is 2.95. The van der Waals surface area contributed by atoms with Crippen molar-refractivity contribution >= 4 is 5.91 Å². The molecule has 110 valence electrons. The van der Waals surface area contributed by atoms with Gasteiger partial charge in [-0.3, -0.25) is 9.48 Å². The van der Waals surface area contributed by atoms with Crippen molar-refractivity contribution in [1.29, 1.82) is 0 Å². The van der Waals surface area contributed by atoms with E-state index in [1.165, 1.54) is 19.2 Å². The highest BCUT2D eigenvalue weighted by atomic mass is 16.2. The summed E-state index contributed by atoms with van der Waals surface area (Å²) in [6, 6.07) is 0. The van der Waals surface area contributed by atoms with Gasteiger partial charge in [0.2, 0.25) is 5.91 Å². The zero-order valence-electron chi connectivity index (χ0n) is 11.8. The fourth-order valence-corrected chi connectivity index (χ4v) is 2.95. The molecule has 1 aromatic rings. The van der Waals surface area contributed by atoms with Gasteiger partial charge < -0.3 is 10.6 Å². The van der Waals surface area contributed by atoms with Crippen molar-refractivity contribution in [2.24, 2.45) is 5.92 Å². The van der Waals surface area contributed by atoms with E-state index in [4.69, 9.17) is 0 Å². The summed E-state index contributed by atoms with van der Waals surface area (Å²) < 4.78 is 1.79. The molecular formula is C14H23N5O. The minimum Gasteiger partial charge on any atom is -0.354 e. The molecule has 1 aromatic heterocycles. The molecule has 0 spiro atoms. The number of carbonyl (C=O) groups is 1. The summed E-state index contributed by atoms with van der Waals surface area (Å²) in [5, 5.41) is 10.7. The second kappa shape index (κ2) is 5.91. The molecule has 2 N–H and O–H groups in total. The second-order valence-electron chi connectivity index (χ2n) is 6.03. The Morgan fingerprint density at radius 2 is 2.15 bits per heavy atom. The van der Waals surface area contributed by atoms with Gasteiger partial charge in [-0.25, -0.2) is 4.98 Å². The van der Waals surface area contributed by atoms with Crippen LogP contribution in [0.4, 0.5) is 0 Å². The van der Waals surface area contributed by atoms with E-state index in [9.17, 15) is 4.79 Å². The molecular weight excluding hydrogens is 254 g/mol. The maximum atomic E-state index is 12.5. The summed E-state index contributed by atoms with van der Waals surface area (Å²) in [5.74, 6) is 0.924. The van der Waals surface area contributed by atoms with Crippen molar-refractivity contribution in [2.45, 2.75) is 50.6 Å². The quantitative estimate of drug-likeness (QED) is 0.770. The van der Waals surface area contributed by atoms with Gasteiger partial charge in [-0.15, -0.1) is 0 Å². The number of rotatable bonds is 7. The number of nitrogens with one attached hydrogen (secondary N) is 2. The first kappa shape index (κ1) is 13.5. The van der Waals surface area contributed by atoms with Gasteiger partial charge in [0.1, 0.15) is 12.7 Å². The van der Waals surface area contributed by atoms with Gasteiger partial charge >= 0.3 is 0 Å². The molecule has 1 amide bonds. The number of aromatic nitrogens is 3. The van der Waals surface area contributed by atoms with E-state index in [0.29, 0.717) is 0 Å². The molecule has 2 aliphatic carbocycles. The van der Waals surface area contributed by atoms with E-state index >= 15 is 0 Å². The van der Waals surface area contributed by atoms with Crippen LogP contribution in [0.15, 0.2) is 12.7 Å². The van der Waals surface area contributed by atoms with Gasteiger partial charge in [0, 0.05) is 13.1 Å². The smallest absolute Gasteiger partial charge is 0.240 e. The first-order chi connectivity index (χ1) is 9.78. The average molecular weight is 277 g/mol. The molecule has 6 heteroatoms. The van der Waals surface area contributed by atoms with Crippen LogP contribution >= 0.6 is 0 Å². The molecule has 0 bridgehead atoms. The van der Waals surface area contributed by atoms with E-state index in [0.717, 1.165) is 51.2 Å². The van der Waals surface area contributed by atoms with Gasteiger partial charge in [0.15, 0.2) is 0 Å². The Bertz CT molecular complexity index is 434. The molecule has 6 nitrogen and oxygen atoms in total. The summed E-state index contributed by atoms with van der Waals surface area (Å²) >= 11 is 0. The van der Waals surface area contributed by atoms with Gasteiger partial charge in [-0.05, 0) is 31.6 Å². The first-order valence-electron chi connectivity index (χ1n) is 7.64. The third kappa shape index (κ3) is 3.17. The number of carbonyl (C=O) groups excluding carboxylic acids is 1. The summed E-state index contributed by atoms with van der Waals surface area (Å²) in [4.78, 5) is 16.4. The Kier molecular flexibility index (Phi) is 4.00. The maximum absolute atomic E-state index is 12.5. The van der Waals surface area contributed by atoms with Gasteiger partial charge in [-0.1, -0.05) is 12.8 Å². The first-order valence-corrected chi connectivity index (χ1v) is 7.64. The minimum atomic E-state index is -0.352. The van der Waals surface area contributed by atoms with Crippen LogP contribution < -0.4 is 10.6 Å². The lowest BCUT2D eigenvalue weighted by molar-refractivity contribution is -0.127. The monoisotopic (exact) mass is 277 g/mol. The van der Waals surface area contributed by atoms with Crippen molar-refractivity contribution in [1.82, 2.24) is 25.4 Å². The predicted molar refractivity (Wildman–Crippen MR) is 75.0 cm³/mol. The topological polar surface area (TPSA) is 71.8 Å². The highest BCUT2D eigenvalue weighted by Gasteiger charge is 2.40. The van der Waals surface area contributed by atoms with Crippen molar-refractivity contribution in [3.63, 3.8) is 0 Å². The van der Waals surface area contributed by atoms with Crippen molar-refractivity contribution in [2.75, 3.05) is 13.1 Å². The molecule has 0 saturated heterocycles. The van der Waals surface area contributed by atoms with E-state index < -0.39 is 0 Å². The van der Waals surface area contributed by atoms with Crippen molar-refractivity contribution in [3.8, 4) is 0 Å². The Morgan fingerprint density at radius 1 is 1.35 bits per heavy atom. The molecule has 2 saturated carbocycles. The zero-order valence-corrected chi connectivity index (χ0v) is 11.8. The Hall–Kier alpha value is -1.43. The van der Waals surface area contributed by atoms with E-state index in [1.54, 1.807) is 11.0 Å². The van der Waals surface area contributed by atoms with Crippen LogP contribution in [-0.4, -0.2) is 39.3 Å². The number of hydrogen-bond acceptors (Lipinski definition) is 4. The van der Waals surface area contributed by atoms with Gasteiger partial charge in [0.25, 0.3) is 0 Å². The van der Waals surface area contributed by atoms with Crippen LogP contribution in [-0.2, 0) is 11.3 Å². The summed E-state index contributed by atoms with van der Waals surface area (Å²) in [6.45, 7) is 2.35. The normalized spacial score (nSPS) is 21.0. The Labute approximate surface area is 119 Å². The number of hydrogen-bond donors (Lipinski definition) is 2. The van der Waals surface area contributed by atoms with Crippen LogP contribution in [0, 0.1) is 5.92 Å². The highest BCUT2D eigenvalue weighted by Crippen LogP contribution is 2.31. The second-order valence-corrected chi connectivity index (χ2v) is 6.03. The lowest BCUT2D eigenvalue weighted by atomic mass is 9.96. The van der Waals surface area contributed by atoms with E-state index in [2.05, 4.69) is 20.7 Å². The molecule has 20 heavy (non-hydrogen) atoms. The standard InChI is InChI=1S/C14H23N5O/c20-13(16-9-12-3-4-12)14(5-1-2-6-14)17-7-8-19-11-15-10-18-19/h10-12,17H,1-9H2,(H,16,20). The molecule has 0 aromatic carbocycles. The van der Waals surface area contributed by atoms with Crippen LogP contribution in [0.2, 0.25) is 0 Å². The lowest BCUT2D eigenvalue weighted by Gasteiger charge is -2.29. The molecule has 1 heterocycles. The third-order valence-electron chi connectivity index (χ3n) is 4.41. The van der Waals surface area contributed by atoms with Crippen LogP contribution in [0.1, 0.15) is 38.5 Å².